The molecule has 0 unspecified atom stereocenters. The van der Waals surface area contributed by atoms with Crippen LogP contribution in [0.25, 0.3) is 11.0 Å². The highest BCUT2D eigenvalue weighted by Gasteiger charge is 2.17. The summed E-state index contributed by atoms with van der Waals surface area (Å²) in [5, 5.41) is 10.3. The number of hydrogen-bond donors (Lipinski definition) is 0. The fourth-order valence-corrected chi connectivity index (χ4v) is 2.49. The predicted octanol–water partition coefficient (Wildman–Crippen LogP) is 4.91. The minimum Gasteiger partial charge on any atom is -0.442 e. The average Bonchev–Trinajstić information content (AvgIpc) is 2.80. The van der Waals surface area contributed by atoms with Gasteiger partial charge in [0.15, 0.2) is 5.75 Å². The quantitative estimate of drug-likeness (QED) is 0.659. The molecule has 6 heteroatoms. The third-order valence-corrected chi connectivity index (χ3v) is 3.40. The van der Waals surface area contributed by atoms with Crippen LogP contribution in [0, 0.1) is 11.3 Å². The number of hydrogen-bond acceptors (Lipinski definition) is 4. The molecule has 0 aliphatic heterocycles. The molecule has 2 aromatic heterocycles. The predicted molar refractivity (Wildman–Crippen MR) is 78.0 cm³/mol. The molecule has 0 aliphatic carbocycles. The van der Waals surface area contributed by atoms with Crippen LogP contribution in [0.3, 0.4) is 0 Å². The Bertz CT molecular complexity index is 839. The molecular weight excluding hydrogens is 344 g/mol. The highest BCUT2D eigenvalue weighted by molar-refractivity contribution is 9.10. The zero-order valence-corrected chi connectivity index (χ0v) is 12.3. The lowest BCUT2D eigenvalue weighted by atomic mass is 10.2. The van der Waals surface area contributed by atoms with E-state index in [1.54, 1.807) is 12.1 Å². The largest absolute Gasteiger partial charge is 0.442 e. The Morgan fingerprint density at radius 1 is 1.35 bits per heavy atom. The standard InChI is InChI=1S/C14H6BrClN2O2/c15-10-5-8(16)7-18-14(10)20-13-9-3-1-2-4-11(9)19-12(13)6-17/h1-5,7H. The molecule has 0 spiro atoms. The van der Waals surface area contributed by atoms with Crippen LogP contribution < -0.4 is 4.74 Å². The van der Waals surface area contributed by atoms with Crippen LogP contribution in [0.15, 0.2) is 45.4 Å². The van der Waals surface area contributed by atoms with Gasteiger partial charge in [-0.05, 0) is 34.1 Å². The Hall–Kier alpha value is -2.03. The molecule has 4 nitrogen and oxygen atoms in total. The van der Waals surface area contributed by atoms with Crippen molar-refractivity contribution >= 4 is 38.5 Å². The maximum atomic E-state index is 9.13. The normalized spacial score (nSPS) is 10.4. The van der Waals surface area contributed by atoms with Gasteiger partial charge >= 0.3 is 0 Å². The van der Waals surface area contributed by atoms with Gasteiger partial charge in [0.2, 0.25) is 11.6 Å². The summed E-state index contributed by atoms with van der Waals surface area (Å²) >= 11 is 9.15. The third-order valence-electron chi connectivity index (χ3n) is 2.62. The van der Waals surface area contributed by atoms with Gasteiger partial charge in [0.25, 0.3) is 0 Å². The van der Waals surface area contributed by atoms with Gasteiger partial charge in [-0.2, -0.15) is 5.26 Å². The smallest absolute Gasteiger partial charge is 0.247 e. The summed E-state index contributed by atoms with van der Waals surface area (Å²) in [6.07, 6.45) is 1.47. The molecule has 20 heavy (non-hydrogen) atoms. The number of para-hydroxylation sites is 1. The molecule has 0 saturated carbocycles. The lowest BCUT2D eigenvalue weighted by Gasteiger charge is -2.05. The van der Waals surface area contributed by atoms with E-state index >= 15 is 0 Å². The highest BCUT2D eigenvalue weighted by Crippen LogP contribution is 2.37. The number of furan rings is 1. The summed E-state index contributed by atoms with van der Waals surface area (Å²) in [6, 6.07) is 10.9. The van der Waals surface area contributed by atoms with Crippen molar-refractivity contribution in [2.75, 3.05) is 0 Å². The lowest BCUT2D eigenvalue weighted by Crippen LogP contribution is -1.90. The van der Waals surface area contributed by atoms with E-state index in [0.29, 0.717) is 32.1 Å². The van der Waals surface area contributed by atoms with Gasteiger partial charge in [-0.1, -0.05) is 23.7 Å². The van der Waals surface area contributed by atoms with Gasteiger partial charge in [0, 0.05) is 6.20 Å². The van der Waals surface area contributed by atoms with E-state index in [2.05, 4.69) is 20.9 Å². The van der Waals surface area contributed by atoms with Crippen molar-refractivity contribution in [2.24, 2.45) is 0 Å². The monoisotopic (exact) mass is 348 g/mol. The molecule has 0 aliphatic rings. The van der Waals surface area contributed by atoms with Crippen molar-refractivity contribution in [3.8, 4) is 17.7 Å². The molecule has 1 aromatic carbocycles. The van der Waals surface area contributed by atoms with Crippen LogP contribution in [0.5, 0.6) is 11.6 Å². The molecule has 0 bridgehead atoms. The lowest BCUT2D eigenvalue weighted by molar-refractivity contribution is 0.447. The number of halogens is 2. The number of ether oxygens (including phenoxy) is 1. The van der Waals surface area contributed by atoms with E-state index < -0.39 is 0 Å². The molecule has 0 N–H and O–H groups in total. The van der Waals surface area contributed by atoms with Crippen molar-refractivity contribution in [1.29, 1.82) is 5.26 Å². The van der Waals surface area contributed by atoms with Crippen LogP contribution >= 0.6 is 27.5 Å². The first-order valence-electron chi connectivity index (χ1n) is 5.59. The van der Waals surface area contributed by atoms with E-state index in [1.165, 1.54) is 6.20 Å². The minimum absolute atomic E-state index is 0.106. The SMILES string of the molecule is N#Cc1oc2ccccc2c1Oc1ncc(Cl)cc1Br. The zero-order chi connectivity index (χ0) is 14.1. The van der Waals surface area contributed by atoms with Crippen molar-refractivity contribution in [3.63, 3.8) is 0 Å². The first kappa shape index (κ1) is 13.0. The second-order valence-electron chi connectivity index (χ2n) is 3.91. The minimum atomic E-state index is 0.106. The molecule has 0 saturated heterocycles. The van der Waals surface area contributed by atoms with E-state index in [9.17, 15) is 0 Å². The first-order chi connectivity index (χ1) is 9.69. The van der Waals surface area contributed by atoms with Gasteiger partial charge in [0.1, 0.15) is 11.7 Å². The van der Waals surface area contributed by atoms with E-state index in [0.717, 1.165) is 0 Å². The summed E-state index contributed by atoms with van der Waals surface area (Å²) in [6.45, 7) is 0. The highest BCUT2D eigenvalue weighted by atomic mass is 79.9. The Morgan fingerprint density at radius 2 is 2.15 bits per heavy atom. The second kappa shape index (κ2) is 5.16. The van der Waals surface area contributed by atoms with Crippen LogP contribution in [0.2, 0.25) is 5.02 Å². The number of fused-ring (bicyclic) bond motifs is 1. The summed E-state index contributed by atoms with van der Waals surface area (Å²) in [5.74, 6) is 0.769. The van der Waals surface area contributed by atoms with E-state index in [-0.39, 0.29) is 5.76 Å². The Labute approximate surface area is 127 Å². The number of rotatable bonds is 2. The Balaban J connectivity index is 2.12. The van der Waals surface area contributed by atoms with Crippen LogP contribution in [-0.4, -0.2) is 4.98 Å². The van der Waals surface area contributed by atoms with Gasteiger partial charge in [-0.15, -0.1) is 0 Å². The Morgan fingerprint density at radius 3 is 2.90 bits per heavy atom. The average molecular weight is 350 g/mol. The second-order valence-corrected chi connectivity index (χ2v) is 5.20. The molecule has 2 heterocycles. The number of benzene rings is 1. The fraction of sp³-hybridized carbons (Fsp3) is 0. The summed E-state index contributed by atoms with van der Waals surface area (Å²) in [5.41, 5.74) is 0.587. The van der Waals surface area contributed by atoms with E-state index in [4.69, 9.17) is 26.0 Å². The Kier molecular flexibility index (Phi) is 3.35. The molecule has 3 rings (SSSR count). The third kappa shape index (κ3) is 2.24. The van der Waals surface area contributed by atoms with Crippen molar-refractivity contribution < 1.29 is 9.15 Å². The first-order valence-corrected chi connectivity index (χ1v) is 6.76. The topological polar surface area (TPSA) is 59.0 Å². The summed E-state index contributed by atoms with van der Waals surface area (Å²) < 4.78 is 11.7. The summed E-state index contributed by atoms with van der Waals surface area (Å²) in [7, 11) is 0. The van der Waals surface area contributed by atoms with Crippen molar-refractivity contribution in [3.05, 3.63) is 51.8 Å². The zero-order valence-electron chi connectivity index (χ0n) is 9.93. The maximum Gasteiger partial charge on any atom is 0.247 e. The maximum absolute atomic E-state index is 9.13. The van der Waals surface area contributed by atoms with Crippen molar-refractivity contribution in [1.82, 2.24) is 4.98 Å². The molecule has 98 valence electrons. The van der Waals surface area contributed by atoms with Gasteiger partial charge in [0.05, 0.1) is 14.9 Å². The molecule has 0 atom stereocenters. The van der Waals surface area contributed by atoms with Crippen LogP contribution in [-0.2, 0) is 0 Å². The molecule has 0 amide bonds. The van der Waals surface area contributed by atoms with Crippen molar-refractivity contribution in [2.45, 2.75) is 0 Å². The van der Waals surface area contributed by atoms with E-state index in [1.807, 2.05) is 24.3 Å². The van der Waals surface area contributed by atoms with Crippen LogP contribution in [0.4, 0.5) is 0 Å². The number of aromatic nitrogens is 1. The number of nitriles is 1. The molecular formula is C14H6BrClN2O2. The molecule has 3 aromatic rings. The fourth-order valence-electron chi connectivity index (χ4n) is 1.77. The summed E-state index contributed by atoms with van der Waals surface area (Å²) in [4.78, 5) is 4.08. The molecule has 0 radical (unpaired) electrons. The number of nitrogens with zero attached hydrogens (tertiary/aromatic N) is 2. The van der Waals surface area contributed by atoms with Crippen LogP contribution in [0.1, 0.15) is 5.76 Å². The van der Waals surface area contributed by atoms with Gasteiger partial charge in [-0.25, -0.2) is 4.98 Å². The van der Waals surface area contributed by atoms with Gasteiger partial charge < -0.3 is 9.15 Å². The van der Waals surface area contributed by atoms with Gasteiger partial charge in [-0.3, -0.25) is 0 Å². The number of pyridine rings is 1. The molecule has 0 fully saturated rings.